The number of carboxylic acids is 1. The van der Waals surface area contributed by atoms with Gasteiger partial charge in [0.1, 0.15) is 5.75 Å². The van der Waals surface area contributed by atoms with Crippen LogP contribution >= 0.6 is 0 Å². The Kier molecular flexibility index (Phi) is 5.92. The number of methoxy groups -OCH3 is 4. The van der Waals surface area contributed by atoms with Crippen molar-refractivity contribution >= 4 is 5.97 Å². The van der Waals surface area contributed by atoms with Gasteiger partial charge in [0.2, 0.25) is 11.9 Å². The van der Waals surface area contributed by atoms with Crippen LogP contribution in [0.5, 0.6) is 23.0 Å². The highest BCUT2D eigenvalue weighted by atomic mass is 16.6. The van der Waals surface area contributed by atoms with E-state index in [1.54, 1.807) is 0 Å². The van der Waals surface area contributed by atoms with Gasteiger partial charge in [0.15, 0.2) is 11.5 Å². The monoisotopic (exact) mass is 286 g/mol. The summed E-state index contributed by atoms with van der Waals surface area (Å²) in [5.74, 6) is 0.317. The van der Waals surface area contributed by atoms with E-state index in [9.17, 15) is 4.79 Å². The average molecular weight is 286 g/mol. The van der Waals surface area contributed by atoms with Crippen molar-refractivity contribution in [2.24, 2.45) is 0 Å². The van der Waals surface area contributed by atoms with Crippen molar-refractivity contribution in [1.29, 1.82) is 0 Å². The third-order valence-electron chi connectivity index (χ3n) is 2.51. The van der Waals surface area contributed by atoms with Gasteiger partial charge in [-0.1, -0.05) is 0 Å². The second-order valence-corrected chi connectivity index (χ2v) is 3.76. The molecule has 112 valence electrons. The molecule has 0 heterocycles. The number of rotatable bonds is 8. The molecule has 7 nitrogen and oxygen atoms in total. The van der Waals surface area contributed by atoms with Gasteiger partial charge >= 0.3 is 5.97 Å². The van der Waals surface area contributed by atoms with Gasteiger partial charge in [0, 0.05) is 19.2 Å². The van der Waals surface area contributed by atoms with Crippen LogP contribution < -0.4 is 18.9 Å². The molecule has 1 aromatic rings. The minimum Gasteiger partial charge on any atom is -0.493 e. The summed E-state index contributed by atoms with van der Waals surface area (Å²) in [5, 5.41) is 9.03. The van der Waals surface area contributed by atoms with Crippen molar-refractivity contribution in [3.8, 4) is 23.0 Å². The summed E-state index contributed by atoms with van der Waals surface area (Å²) in [4.78, 5) is 11.0. The molecule has 0 aromatic heterocycles. The molecule has 0 aliphatic rings. The Morgan fingerprint density at radius 1 is 1.10 bits per heavy atom. The molecule has 0 spiro atoms. The van der Waals surface area contributed by atoms with Crippen LogP contribution in [-0.2, 0) is 9.53 Å². The predicted octanol–water partition coefficient (Wildman–Crippen LogP) is 1.19. The molecular weight excluding hydrogens is 268 g/mol. The highest BCUT2D eigenvalue weighted by Gasteiger charge is 2.21. The van der Waals surface area contributed by atoms with Crippen molar-refractivity contribution in [3.63, 3.8) is 0 Å². The van der Waals surface area contributed by atoms with Crippen molar-refractivity contribution in [2.75, 3.05) is 35.0 Å². The Morgan fingerprint density at radius 3 is 2.00 bits per heavy atom. The molecule has 20 heavy (non-hydrogen) atoms. The molecule has 0 amide bonds. The van der Waals surface area contributed by atoms with Crippen LogP contribution in [0.4, 0.5) is 0 Å². The van der Waals surface area contributed by atoms with E-state index in [0.717, 1.165) is 0 Å². The fourth-order valence-corrected chi connectivity index (χ4v) is 1.60. The Morgan fingerprint density at radius 2 is 1.65 bits per heavy atom. The first kappa shape index (κ1) is 15.9. The van der Waals surface area contributed by atoms with Crippen molar-refractivity contribution < 1.29 is 33.6 Å². The summed E-state index contributed by atoms with van der Waals surface area (Å²) in [6.45, 7) is -0.0774. The van der Waals surface area contributed by atoms with Crippen LogP contribution in [0.2, 0.25) is 0 Å². The van der Waals surface area contributed by atoms with Gasteiger partial charge in [0.05, 0.1) is 27.9 Å². The highest BCUT2D eigenvalue weighted by molar-refractivity contribution is 5.73. The topological polar surface area (TPSA) is 83.5 Å². The summed E-state index contributed by atoms with van der Waals surface area (Å²) >= 11 is 0. The standard InChI is InChI=1S/C13H18O7/c1-16-7-11(13(14)15)20-8-5-9(17-2)12(19-4)10(6-8)18-3/h5-6,11H,7H2,1-4H3,(H,14,15). The minimum atomic E-state index is -1.12. The number of hydrogen-bond donors (Lipinski definition) is 1. The first-order valence-corrected chi connectivity index (χ1v) is 5.75. The van der Waals surface area contributed by atoms with Crippen LogP contribution in [-0.4, -0.2) is 52.2 Å². The molecule has 0 fully saturated rings. The van der Waals surface area contributed by atoms with Crippen molar-refractivity contribution in [3.05, 3.63) is 12.1 Å². The second kappa shape index (κ2) is 7.44. The highest BCUT2D eigenvalue weighted by Crippen LogP contribution is 2.40. The quantitative estimate of drug-likeness (QED) is 0.768. The summed E-state index contributed by atoms with van der Waals surface area (Å²) in [6, 6.07) is 3.04. The molecule has 1 aromatic carbocycles. The third kappa shape index (κ3) is 3.67. The maximum atomic E-state index is 11.0. The average Bonchev–Trinajstić information content (AvgIpc) is 2.45. The lowest BCUT2D eigenvalue weighted by Crippen LogP contribution is -2.31. The van der Waals surface area contributed by atoms with Crippen LogP contribution in [0.25, 0.3) is 0 Å². The maximum Gasteiger partial charge on any atom is 0.347 e. The molecule has 0 saturated carbocycles. The van der Waals surface area contributed by atoms with Crippen molar-refractivity contribution in [2.45, 2.75) is 6.10 Å². The van der Waals surface area contributed by atoms with E-state index in [-0.39, 0.29) is 12.4 Å². The van der Waals surface area contributed by atoms with E-state index in [1.165, 1.54) is 40.6 Å². The molecule has 7 heteroatoms. The van der Waals surface area contributed by atoms with Crippen LogP contribution in [0.1, 0.15) is 0 Å². The lowest BCUT2D eigenvalue weighted by Gasteiger charge is -2.17. The summed E-state index contributed by atoms with van der Waals surface area (Å²) < 4.78 is 25.6. The molecule has 1 unspecified atom stereocenters. The second-order valence-electron chi connectivity index (χ2n) is 3.76. The molecule has 0 bridgehead atoms. The molecule has 0 saturated heterocycles. The van der Waals surface area contributed by atoms with Gasteiger partial charge in [-0.3, -0.25) is 0 Å². The van der Waals surface area contributed by atoms with E-state index in [1.807, 2.05) is 0 Å². The molecule has 0 aliphatic carbocycles. The van der Waals surface area contributed by atoms with E-state index in [4.69, 9.17) is 28.8 Å². The molecule has 1 atom stereocenters. The first-order valence-electron chi connectivity index (χ1n) is 5.75. The summed E-state index contributed by atoms with van der Waals surface area (Å²) in [7, 11) is 5.80. The van der Waals surface area contributed by atoms with Gasteiger partial charge in [-0.15, -0.1) is 0 Å². The number of carboxylic acid groups (broad SMARTS) is 1. The molecule has 0 aliphatic heterocycles. The fraction of sp³-hybridized carbons (Fsp3) is 0.462. The largest absolute Gasteiger partial charge is 0.493 e. The van der Waals surface area contributed by atoms with Crippen molar-refractivity contribution in [1.82, 2.24) is 0 Å². The zero-order valence-corrected chi connectivity index (χ0v) is 11.8. The number of ether oxygens (including phenoxy) is 5. The van der Waals surface area contributed by atoms with E-state index < -0.39 is 12.1 Å². The Bertz CT molecular complexity index is 433. The SMILES string of the molecule is COCC(Oc1cc(OC)c(OC)c(OC)c1)C(=O)O. The van der Waals surface area contributed by atoms with Crippen LogP contribution in [0, 0.1) is 0 Å². The van der Waals surface area contributed by atoms with Gasteiger partial charge < -0.3 is 28.8 Å². The lowest BCUT2D eigenvalue weighted by atomic mass is 10.2. The smallest absolute Gasteiger partial charge is 0.347 e. The zero-order chi connectivity index (χ0) is 15.1. The molecule has 1 rings (SSSR count). The zero-order valence-electron chi connectivity index (χ0n) is 11.8. The molecule has 0 radical (unpaired) electrons. The predicted molar refractivity (Wildman–Crippen MR) is 70.0 cm³/mol. The van der Waals surface area contributed by atoms with Gasteiger partial charge in [0.25, 0.3) is 0 Å². The van der Waals surface area contributed by atoms with E-state index in [2.05, 4.69) is 0 Å². The van der Waals surface area contributed by atoms with Gasteiger partial charge in [-0.25, -0.2) is 4.79 Å². The first-order chi connectivity index (χ1) is 9.57. The van der Waals surface area contributed by atoms with E-state index >= 15 is 0 Å². The Hall–Kier alpha value is -2.15. The van der Waals surface area contributed by atoms with Gasteiger partial charge in [-0.2, -0.15) is 0 Å². The Labute approximate surface area is 117 Å². The minimum absolute atomic E-state index is 0.0774. The number of aliphatic carboxylic acids is 1. The normalized spacial score (nSPS) is 11.6. The third-order valence-corrected chi connectivity index (χ3v) is 2.51. The maximum absolute atomic E-state index is 11.0. The summed E-state index contributed by atoms with van der Waals surface area (Å²) in [5.41, 5.74) is 0. The Balaban J connectivity index is 3.09. The summed E-state index contributed by atoms with van der Waals surface area (Å²) in [6.07, 6.45) is -1.12. The lowest BCUT2D eigenvalue weighted by molar-refractivity contribution is -0.147. The van der Waals surface area contributed by atoms with Crippen LogP contribution in [0.15, 0.2) is 12.1 Å². The fourth-order valence-electron chi connectivity index (χ4n) is 1.60. The van der Waals surface area contributed by atoms with E-state index in [0.29, 0.717) is 17.2 Å². The van der Waals surface area contributed by atoms with Gasteiger partial charge in [-0.05, 0) is 0 Å². The number of hydrogen-bond acceptors (Lipinski definition) is 6. The van der Waals surface area contributed by atoms with Crippen LogP contribution in [0.3, 0.4) is 0 Å². The number of carbonyl (C=O) groups is 1. The number of benzene rings is 1. The molecular formula is C13H18O7. The molecule has 1 N–H and O–H groups in total.